The van der Waals surface area contributed by atoms with Crippen molar-refractivity contribution in [3.63, 3.8) is 0 Å². The Kier molecular flexibility index (Phi) is 8.06. The van der Waals surface area contributed by atoms with E-state index in [9.17, 15) is 13.2 Å². The lowest BCUT2D eigenvalue weighted by atomic mass is 10.1. The largest absolute Gasteiger partial charge is 0.497 e. The summed E-state index contributed by atoms with van der Waals surface area (Å²) in [6.07, 6.45) is 0. The lowest BCUT2D eigenvalue weighted by molar-refractivity contribution is -0.120. The molecule has 0 saturated carbocycles. The number of ether oxygens (including phenoxy) is 2. The van der Waals surface area contributed by atoms with Crippen molar-refractivity contribution in [2.45, 2.75) is 24.8 Å². The molecule has 1 atom stereocenters. The smallest absolute Gasteiger partial charge is 0.268 e. The fraction of sp³-hybridized carbons (Fsp3) is 0.240. The normalized spacial score (nSPS) is 12.0. The number of aryl methyl sites for hydroxylation is 1. The molecule has 7 nitrogen and oxygen atoms in total. The molecule has 3 rings (SSSR count). The SMILES string of the molecule is COc1cccc(N(CC(=O)N[C@H](C)c2ccc(Cl)cc2)S(=O)(=O)c2cc(C)ccc2OC)c1. The molecule has 0 aromatic heterocycles. The number of sulfonamides is 1. The van der Waals surface area contributed by atoms with Gasteiger partial charge in [0.1, 0.15) is 22.9 Å². The number of carbonyl (C=O) groups excluding carboxylic acids is 1. The lowest BCUT2D eigenvalue weighted by Crippen LogP contribution is -2.41. The number of nitrogens with one attached hydrogen (secondary N) is 1. The van der Waals surface area contributed by atoms with Gasteiger partial charge in [-0.05, 0) is 61.4 Å². The molecule has 180 valence electrons. The number of rotatable bonds is 9. The van der Waals surface area contributed by atoms with Crippen LogP contribution in [0.2, 0.25) is 5.02 Å². The van der Waals surface area contributed by atoms with Crippen LogP contribution in [-0.4, -0.2) is 35.1 Å². The molecule has 0 unspecified atom stereocenters. The highest BCUT2D eigenvalue weighted by Gasteiger charge is 2.31. The van der Waals surface area contributed by atoms with E-state index in [0.717, 1.165) is 15.4 Å². The standard InChI is InChI=1S/C25H27ClN2O5S/c1-17-8-13-23(33-4)24(14-17)34(30,31)28(21-6-5-7-22(15-21)32-3)16-25(29)27-18(2)19-9-11-20(26)12-10-19/h5-15,18H,16H2,1-4H3,(H,27,29)/t18-/m1/s1. The van der Waals surface area contributed by atoms with Gasteiger partial charge in [0, 0.05) is 11.1 Å². The van der Waals surface area contributed by atoms with Crippen molar-refractivity contribution in [3.8, 4) is 11.5 Å². The van der Waals surface area contributed by atoms with Crippen LogP contribution in [0.5, 0.6) is 11.5 Å². The zero-order valence-corrected chi connectivity index (χ0v) is 21.0. The molecule has 0 saturated heterocycles. The van der Waals surface area contributed by atoms with E-state index in [2.05, 4.69) is 5.32 Å². The average molecular weight is 503 g/mol. The second kappa shape index (κ2) is 10.8. The molecule has 1 amide bonds. The highest BCUT2D eigenvalue weighted by molar-refractivity contribution is 7.93. The van der Waals surface area contributed by atoms with E-state index in [4.69, 9.17) is 21.1 Å². The second-order valence-corrected chi connectivity index (χ2v) is 9.98. The molecule has 0 heterocycles. The number of hydrogen-bond acceptors (Lipinski definition) is 5. The molecule has 0 radical (unpaired) electrons. The van der Waals surface area contributed by atoms with Gasteiger partial charge < -0.3 is 14.8 Å². The number of amides is 1. The average Bonchev–Trinajstić information content (AvgIpc) is 2.82. The van der Waals surface area contributed by atoms with Crippen molar-refractivity contribution in [3.05, 3.63) is 82.9 Å². The first-order valence-corrected chi connectivity index (χ1v) is 12.3. The summed E-state index contributed by atoms with van der Waals surface area (Å²) in [5, 5.41) is 3.45. The number of anilines is 1. The Labute approximate surface area is 205 Å². The van der Waals surface area contributed by atoms with Crippen molar-refractivity contribution in [1.29, 1.82) is 0 Å². The number of halogens is 1. The maximum atomic E-state index is 13.8. The van der Waals surface area contributed by atoms with Gasteiger partial charge in [-0.2, -0.15) is 0 Å². The van der Waals surface area contributed by atoms with Crippen LogP contribution in [0.4, 0.5) is 5.69 Å². The fourth-order valence-electron chi connectivity index (χ4n) is 3.44. The molecule has 3 aromatic carbocycles. The zero-order valence-electron chi connectivity index (χ0n) is 19.4. The monoisotopic (exact) mass is 502 g/mol. The summed E-state index contributed by atoms with van der Waals surface area (Å²) in [7, 11) is -1.28. The Morgan fingerprint density at radius 3 is 2.38 bits per heavy atom. The van der Waals surface area contributed by atoms with Crippen molar-refractivity contribution in [2.75, 3.05) is 25.1 Å². The van der Waals surface area contributed by atoms with E-state index < -0.39 is 22.5 Å². The van der Waals surface area contributed by atoms with E-state index in [1.807, 2.05) is 19.1 Å². The van der Waals surface area contributed by atoms with Crippen molar-refractivity contribution in [2.24, 2.45) is 0 Å². The molecular formula is C25H27ClN2O5S. The number of methoxy groups -OCH3 is 2. The Balaban J connectivity index is 1.98. The van der Waals surface area contributed by atoms with Gasteiger partial charge in [0.15, 0.2) is 0 Å². The Morgan fingerprint density at radius 1 is 1.03 bits per heavy atom. The number of benzene rings is 3. The quantitative estimate of drug-likeness (QED) is 0.457. The van der Waals surface area contributed by atoms with Crippen LogP contribution in [0.25, 0.3) is 0 Å². The van der Waals surface area contributed by atoms with Gasteiger partial charge >= 0.3 is 0 Å². The Morgan fingerprint density at radius 2 is 1.74 bits per heavy atom. The third kappa shape index (κ3) is 5.81. The molecule has 0 aliphatic rings. The summed E-state index contributed by atoms with van der Waals surface area (Å²) in [5.41, 5.74) is 1.87. The zero-order chi connectivity index (χ0) is 24.9. The van der Waals surface area contributed by atoms with Crippen LogP contribution in [0.3, 0.4) is 0 Å². The molecule has 3 aromatic rings. The van der Waals surface area contributed by atoms with Gasteiger partial charge in [-0.25, -0.2) is 8.42 Å². The molecule has 0 aliphatic heterocycles. The Hall–Kier alpha value is -3.23. The molecule has 1 N–H and O–H groups in total. The van der Waals surface area contributed by atoms with Gasteiger partial charge in [-0.15, -0.1) is 0 Å². The predicted octanol–water partition coefficient (Wildman–Crippen LogP) is 4.74. The minimum atomic E-state index is -4.17. The first-order chi connectivity index (χ1) is 16.1. The molecule has 0 bridgehead atoms. The molecule has 9 heteroatoms. The van der Waals surface area contributed by atoms with Crippen molar-refractivity contribution < 1.29 is 22.7 Å². The topological polar surface area (TPSA) is 84.9 Å². The molecule has 0 spiro atoms. The third-order valence-electron chi connectivity index (χ3n) is 5.26. The number of carbonyl (C=O) groups is 1. The Bertz CT molecular complexity index is 1260. The van der Waals surface area contributed by atoms with Crippen molar-refractivity contribution in [1.82, 2.24) is 5.32 Å². The summed E-state index contributed by atoms with van der Waals surface area (Å²) < 4.78 is 39.2. The minimum Gasteiger partial charge on any atom is -0.497 e. The first kappa shape index (κ1) is 25.4. The molecule has 34 heavy (non-hydrogen) atoms. The van der Waals surface area contributed by atoms with Crippen LogP contribution >= 0.6 is 11.6 Å². The van der Waals surface area contributed by atoms with Crippen LogP contribution in [-0.2, 0) is 14.8 Å². The van der Waals surface area contributed by atoms with Crippen LogP contribution in [0, 0.1) is 6.92 Å². The van der Waals surface area contributed by atoms with Gasteiger partial charge in [0.05, 0.1) is 25.9 Å². The van der Waals surface area contributed by atoms with Gasteiger partial charge in [-0.1, -0.05) is 35.9 Å². The van der Waals surface area contributed by atoms with Gasteiger partial charge in [0.2, 0.25) is 5.91 Å². The van der Waals surface area contributed by atoms with E-state index >= 15 is 0 Å². The third-order valence-corrected chi connectivity index (χ3v) is 7.31. The van der Waals surface area contributed by atoms with Crippen LogP contribution in [0.1, 0.15) is 24.1 Å². The van der Waals surface area contributed by atoms with E-state index in [0.29, 0.717) is 10.8 Å². The predicted molar refractivity (Wildman–Crippen MR) is 133 cm³/mol. The summed E-state index contributed by atoms with van der Waals surface area (Å²) in [5.74, 6) is 0.178. The van der Waals surface area contributed by atoms with Gasteiger partial charge in [-0.3, -0.25) is 9.10 Å². The summed E-state index contributed by atoms with van der Waals surface area (Å²) >= 11 is 5.95. The highest BCUT2D eigenvalue weighted by Crippen LogP contribution is 2.32. The second-order valence-electron chi connectivity index (χ2n) is 7.71. The van der Waals surface area contributed by atoms with E-state index in [1.165, 1.54) is 20.3 Å². The first-order valence-electron chi connectivity index (χ1n) is 10.5. The minimum absolute atomic E-state index is 0.0311. The number of hydrogen-bond donors (Lipinski definition) is 1. The van der Waals surface area contributed by atoms with E-state index in [1.54, 1.807) is 55.5 Å². The van der Waals surface area contributed by atoms with Crippen molar-refractivity contribution >= 4 is 33.2 Å². The summed E-state index contributed by atoms with van der Waals surface area (Å²) in [6, 6.07) is 18.1. The lowest BCUT2D eigenvalue weighted by Gasteiger charge is -2.26. The van der Waals surface area contributed by atoms with E-state index in [-0.39, 0.29) is 22.4 Å². The number of nitrogens with zero attached hydrogens (tertiary/aromatic N) is 1. The highest BCUT2D eigenvalue weighted by atomic mass is 35.5. The maximum absolute atomic E-state index is 13.8. The molecule has 0 fully saturated rings. The summed E-state index contributed by atoms with van der Waals surface area (Å²) in [4.78, 5) is 13.0. The van der Waals surface area contributed by atoms with Crippen LogP contribution < -0.4 is 19.1 Å². The van der Waals surface area contributed by atoms with Crippen LogP contribution in [0.15, 0.2) is 71.6 Å². The summed E-state index contributed by atoms with van der Waals surface area (Å²) in [6.45, 7) is 3.16. The fourth-order valence-corrected chi connectivity index (χ4v) is 5.22. The maximum Gasteiger partial charge on any atom is 0.268 e. The van der Waals surface area contributed by atoms with Gasteiger partial charge in [0.25, 0.3) is 10.0 Å². The molecule has 0 aliphatic carbocycles. The molecular weight excluding hydrogens is 476 g/mol.